The SMILES string of the molecule is COC(=O)C(NC(=O)Cn1c(=O)cnc2ccccc21)C(C)C. The zero-order chi connectivity index (χ0) is 17.0. The highest BCUT2D eigenvalue weighted by Gasteiger charge is 2.25. The second-order valence-corrected chi connectivity index (χ2v) is 5.48. The fourth-order valence-corrected chi connectivity index (χ4v) is 2.27. The molecule has 1 N–H and O–H groups in total. The molecule has 1 aromatic carbocycles. The van der Waals surface area contributed by atoms with Gasteiger partial charge in [0.2, 0.25) is 5.91 Å². The van der Waals surface area contributed by atoms with Crippen LogP contribution in [0.15, 0.2) is 35.3 Å². The number of hydrogen-bond acceptors (Lipinski definition) is 5. The molecule has 1 aromatic heterocycles. The Hall–Kier alpha value is -2.70. The van der Waals surface area contributed by atoms with Crippen LogP contribution in [0.5, 0.6) is 0 Å². The Morgan fingerprint density at radius 1 is 1.30 bits per heavy atom. The molecule has 0 aliphatic heterocycles. The van der Waals surface area contributed by atoms with Gasteiger partial charge in [0.05, 0.1) is 24.3 Å². The summed E-state index contributed by atoms with van der Waals surface area (Å²) in [6.07, 6.45) is 1.18. The van der Waals surface area contributed by atoms with Crippen molar-refractivity contribution in [3.63, 3.8) is 0 Å². The molecule has 0 spiro atoms. The number of amides is 1. The molecule has 0 saturated heterocycles. The maximum absolute atomic E-state index is 12.2. The van der Waals surface area contributed by atoms with Gasteiger partial charge in [0.1, 0.15) is 12.6 Å². The Balaban J connectivity index is 2.25. The van der Waals surface area contributed by atoms with Gasteiger partial charge >= 0.3 is 5.97 Å². The summed E-state index contributed by atoms with van der Waals surface area (Å²) in [7, 11) is 1.27. The first kappa shape index (κ1) is 16.7. The number of nitrogens with zero attached hydrogens (tertiary/aromatic N) is 2. The molecule has 1 unspecified atom stereocenters. The first-order valence-electron chi connectivity index (χ1n) is 7.25. The minimum Gasteiger partial charge on any atom is -0.467 e. The summed E-state index contributed by atoms with van der Waals surface area (Å²) < 4.78 is 6.01. The van der Waals surface area contributed by atoms with Crippen LogP contribution in [-0.2, 0) is 20.9 Å². The van der Waals surface area contributed by atoms with E-state index in [4.69, 9.17) is 0 Å². The van der Waals surface area contributed by atoms with E-state index in [1.165, 1.54) is 17.9 Å². The van der Waals surface area contributed by atoms with Gasteiger partial charge in [0.25, 0.3) is 5.56 Å². The van der Waals surface area contributed by atoms with Gasteiger partial charge in [0, 0.05) is 0 Å². The maximum atomic E-state index is 12.2. The van der Waals surface area contributed by atoms with Crippen LogP contribution < -0.4 is 10.9 Å². The standard InChI is InChI=1S/C16H19N3O4/c1-10(2)15(16(22)23-3)18-13(20)9-19-12-7-5-4-6-11(12)17-8-14(19)21/h4-8,10,15H,9H2,1-3H3,(H,18,20). The molecule has 0 bridgehead atoms. The molecule has 1 heterocycles. The molecular weight excluding hydrogens is 298 g/mol. The second-order valence-electron chi connectivity index (χ2n) is 5.48. The zero-order valence-electron chi connectivity index (χ0n) is 13.3. The highest BCUT2D eigenvalue weighted by atomic mass is 16.5. The van der Waals surface area contributed by atoms with Gasteiger partial charge in [-0.25, -0.2) is 9.78 Å². The molecule has 7 nitrogen and oxygen atoms in total. The average molecular weight is 317 g/mol. The van der Waals surface area contributed by atoms with E-state index in [9.17, 15) is 14.4 Å². The molecule has 122 valence electrons. The number of nitrogens with one attached hydrogen (secondary N) is 1. The van der Waals surface area contributed by atoms with E-state index in [0.29, 0.717) is 11.0 Å². The Morgan fingerprint density at radius 2 is 2.00 bits per heavy atom. The first-order chi connectivity index (χ1) is 10.9. The van der Waals surface area contributed by atoms with Crippen molar-refractivity contribution < 1.29 is 14.3 Å². The van der Waals surface area contributed by atoms with Gasteiger partial charge in [0.15, 0.2) is 0 Å². The number of ether oxygens (including phenoxy) is 1. The van der Waals surface area contributed by atoms with Crippen LogP contribution in [0.25, 0.3) is 11.0 Å². The summed E-state index contributed by atoms with van der Waals surface area (Å²) >= 11 is 0. The maximum Gasteiger partial charge on any atom is 0.328 e. The average Bonchev–Trinajstić information content (AvgIpc) is 2.54. The van der Waals surface area contributed by atoms with E-state index < -0.39 is 17.9 Å². The Bertz CT molecular complexity index is 782. The van der Waals surface area contributed by atoms with Crippen LogP contribution in [0.1, 0.15) is 13.8 Å². The lowest BCUT2D eigenvalue weighted by Gasteiger charge is -2.20. The largest absolute Gasteiger partial charge is 0.467 e. The minimum absolute atomic E-state index is 0.127. The summed E-state index contributed by atoms with van der Waals surface area (Å²) in [5, 5.41) is 2.61. The molecule has 1 amide bonds. The van der Waals surface area contributed by atoms with Gasteiger partial charge in [-0.2, -0.15) is 0 Å². The Morgan fingerprint density at radius 3 is 2.65 bits per heavy atom. The number of aromatic nitrogens is 2. The lowest BCUT2D eigenvalue weighted by Crippen LogP contribution is -2.46. The normalized spacial score (nSPS) is 12.2. The number of para-hydroxylation sites is 2. The molecule has 0 fully saturated rings. The molecule has 0 aliphatic carbocycles. The molecule has 0 aliphatic rings. The second kappa shape index (κ2) is 7.04. The van der Waals surface area contributed by atoms with E-state index >= 15 is 0 Å². The molecule has 2 rings (SSSR count). The van der Waals surface area contributed by atoms with Crippen LogP contribution in [0.4, 0.5) is 0 Å². The lowest BCUT2D eigenvalue weighted by atomic mass is 10.0. The fraction of sp³-hybridized carbons (Fsp3) is 0.375. The predicted octanol–water partition coefficient (Wildman–Crippen LogP) is 0.710. The van der Waals surface area contributed by atoms with Gasteiger partial charge in [-0.15, -0.1) is 0 Å². The monoisotopic (exact) mass is 317 g/mol. The number of carbonyl (C=O) groups excluding carboxylic acids is 2. The van der Waals surface area contributed by atoms with Crippen molar-refractivity contribution >= 4 is 22.9 Å². The quantitative estimate of drug-likeness (QED) is 0.820. The number of fused-ring (bicyclic) bond motifs is 1. The topological polar surface area (TPSA) is 90.3 Å². The van der Waals surface area contributed by atoms with E-state index in [1.54, 1.807) is 38.1 Å². The van der Waals surface area contributed by atoms with Gasteiger partial charge < -0.3 is 10.1 Å². The van der Waals surface area contributed by atoms with Crippen LogP contribution in [-0.4, -0.2) is 34.6 Å². The highest BCUT2D eigenvalue weighted by Crippen LogP contribution is 2.08. The molecule has 7 heteroatoms. The zero-order valence-corrected chi connectivity index (χ0v) is 13.3. The Labute approximate surface area is 133 Å². The van der Waals surface area contributed by atoms with Crippen LogP contribution in [0, 0.1) is 5.92 Å². The summed E-state index contributed by atoms with van der Waals surface area (Å²) in [6.45, 7) is 3.41. The number of hydrogen-bond donors (Lipinski definition) is 1. The minimum atomic E-state index is -0.753. The molecular formula is C16H19N3O4. The number of rotatable bonds is 5. The first-order valence-corrected chi connectivity index (χ1v) is 7.25. The van der Waals surface area contributed by atoms with Gasteiger partial charge in [-0.3, -0.25) is 14.2 Å². The van der Waals surface area contributed by atoms with Gasteiger partial charge in [-0.1, -0.05) is 26.0 Å². The summed E-state index contributed by atoms with van der Waals surface area (Å²) in [5.41, 5.74) is 0.806. The van der Waals surface area contributed by atoms with E-state index in [0.717, 1.165) is 0 Å². The van der Waals surface area contributed by atoms with Gasteiger partial charge in [-0.05, 0) is 18.1 Å². The number of carbonyl (C=O) groups is 2. The molecule has 23 heavy (non-hydrogen) atoms. The lowest BCUT2D eigenvalue weighted by molar-refractivity contribution is -0.146. The Kier molecular flexibility index (Phi) is 5.10. The number of esters is 1. The molecule has 0 radical (unpaired) electrons. The van der Waals surface area contributed by atoms with Crippen LogP contribution in [0.3, 0.4) is 0 Å². The van der Waals surface area contributed by atoms with E-state index in [-0.39, 0.29) is 18.0 Å². The molecule has 1 atom stereocenters. The van der Waals surface area contributed by atoms with Crippen molar-refractivity contribution in [3.8, 4) is 0 Å². The fourth-order valence-electron chi connectivity index (χ4n) is 2.27. The molecule has 2 aromatic rings. The van der Waals surface area contributed by atoms with Crippen LogP contribution in [0.2, 0.25) is 0 Å². The van der Waals surface area contributed by atoms with Crippen molar-refractivity contribution in [1.29, 1.82) is 0 Å². The number of methoxy groups -OCH3 is 1. The van der Waals surface area contributed by atoms with E-state index in [2.05, 4.69) is 15.0 Å². The number of benzene rings is 1. The van der Waals surface area contributed by atoms with Crippen molar-refractivity contribution in [1.82, 2.24) is 14.9 Å². The molecule has 0 saturated carbocycles. The third kappa shape index (κ3) is 3.74. The van der Waals surface area contributed by atoms with Crippen molar-refractivity contribution in [2.24, 2.45) is 5.92 Å². The highest BCUT2D eigenvalue weighted by molar-refractivity contribution is 5.85. The summed E-state index contributed by atoms with van der Waals surface area (Å²) in [6, 6.07) is 6.29. The third-order valence-corrected chi connectivity index (χ3v) is 3.49. The third-order valence-electron chi connectivity index (χ3n) is 3.49. The summed E-state index contributed by atoms with van der Waals surface area (Å²) in [5.74, 6) is -1.08. The summed E-state index contributed by atoms with van der Waals surface area (Å²) in [4.78, 5) is 40.0. The predicted molar refractivity (Wildman–Crippen MR) is 84.8 cm³/mol. The van der Waals surface area contributed by atoms with Crippen molar-refractivity contribution in [2.45, 2.75) is 26.4 Å². The van der Waals surface area contributed by atoms with E-state index in [1.807, 2.05) is 0 Å². The van der Waals surface area contributed by atoms with Crippen molar-refractivity contribution in [3.05, 3.63) is 40.8 Å². The van der Waals surface area contributed by atoms with Crippen LogP contribution >= 0.6 is 0 Å². The van der Waals surface area contributed by atoms with Crippen molar-refractivity contribution in [2.75, 3.05) is 7.11 Å². The smallest absolute Gasteiger partial charge is 0.328 e.